The molecule has 1 aromatic carbocycles. The molecule has 0 radical (unpaired) electrons. The molecule has 6 nitrogen and oxygen atoms in total. The number of likely N-dealkylation sites (tertiary alicyclic amines) is 1. The molecular weight excluding hydrogens is 390 g/mol. The lowest BCUT2D eigenvalue weighted by molar-refractivity contribution is -0.143. The highest BCUT2D eigenvalue weighted by molar-refractivity contribution is 5.86. The quantitative estimate of drug-likeness (QED) is 0.707. The van der Waals surface area contributed by atoms with Gasteiger partial charge in [0, 0.05) is 31.1 Å². The SMILES string of the molecule is CCCCN1C(=O)CCC(C(=O)NC2CCCNC2)C1c1ccccc1OC.Cl. The average Bonchev–Trinajstić information content (AvgIpc) is 2.73. The summed E-state index contributed by atoms with van der Waals surface area (Å²) in [5.41, 5.74) is 0.927. The maximum absolute atomic E-state index is 13.3. The van der Waals surface area contributed by atoms with E-state index in [-0.39, 0.29) is 42.2 Å². The molecule has 1 aromatic rings. The number of unbranched alkanes of at least 4 members (excludes halogenated alkanes) is 1. The molecule has 162 valence electrons. The van der Waals surface area contributed by atoms with Crippen LogP contribution in [-0.4, -0.2) is 49.5 Å². The number of halogens is 1. The zero-order chi connectivity index (χ0) is 19.9. The van der Waals surface area contributed by atoms with Gasteiger partial charge < -0.3 is 20.3 Å². The average molecular weight is 424 g/mol. The van der Waals surface area contributed by atoms with Crippen LogP contribution >= 0.6 is 12.4 Å². The Balaban J connectivity index is 0.00000300. The van der Waals surface area contributed by atoms with E-state index in [1.165, 1.54) is 0 Å². The van der Waals surface area contributed by atoms with Crippen molar-refractivity contribution in [3.63, 3.8) is 0 Å². The second kappa shape index (κ2) is 11.4. The molecule has 2 saturated heterocycles. The number of piperidine rings is 2. The predicted octanol–water partition coefficient (Wildman–Crippen LogP) is 3.07. The van der Waals surface area contributed by atoms with E-state index < -0.39 is 0 Å². The van der Waals surface area contributed by atoms with Crippen LogP contribution in [0, 0.1) is 5.92 Å². The molecule has 0 aliphatic carbocycles. The summed E-state index contributed by atoms with van der Waals surface area (Å²) >= 11 is 0. The van der Waals surface area contributed by atoms with Crippen LogP contribution in [-0.2, 0) is 9.59 Å². The van der Waals surface area contributed by atoms with Crippen molar-refractivity contribution in [1.29, 1.82) is 0 Å². The Kier molecular flexibility index (Phi) is 9.24. The van der Waals surface area contributed by atoms with Crippen LogP contribution in [0.1, 0.15) is 57.1 Å². The van der Waals surface area contributed by atoms with Crippen LogP contribution < -0.4 is 15.4 Å². The van der Waals surface area contributed by atoms with E-state index in [4.69, 9.17) is 4.74 Å². The number of hydrogen-bond acceptors (Lipinski definition) is 4. The Bertz CT molecular complexity index is 679. The first-order valence-corrected chi connectivity index (χ1v) is 10.6. The Labute approximate surface area is 180 Å². The molecule has 0 spiro atoms. The third-order valence-electron chi connectivity index (χ3n) is 5.90. The minimum atomic E-state index is -0.277. The van der Waals surface area contributed by atoms with Gasteiger partial charge in [0.05, 0.1) is 19.1 Å². The summed E-state index contributed by atoms with van der Waals surface area (Å²) in [6, 6.07) is 7.67. The van der Waals surface area contributed by atoms with Gasteiger partial charge in [-0.05, 0) is 38.3 Å². The van der Waals surface area contributed by atoms with E-state index in [9.17, 15) is 9.59 Å². The topological polar surface area (TPSA) is 70.7 Å². The Morgan fingerprint density at radius 2 is 2.10 bits per heavy atom. The van der Waals surface area contributed by atoms with E-state index in [0.29, 0.717) is 19.4 Å². The first-order valence-electron chi connectivity index (χ1n) is 10.6. The van der Waals surface area contributed by atoms with Gasteiger partial charge >= 0.3 is 0 Å². The Hall–Kier alpha value is -1.79. The summed E-state index contributed by atoms with van der Waals surface area (Å²) in [6.07, 6.45) is 5.02. The van der Waals surface area contributed by atoms with Crippen molar-refractivity contribution in [1.82, 2.24) is 15.5 Å². The first-order chi connectivity index (χ1) is 13.7. The minimum absolute atomic E-state index is 0. The molecule has 3 atom stereocenters. The number of ether oxygens (including phenoxy) is 1. The molecule has 0 bridgehead atoms. The van der Waals surface area contributed by atoms with Crippen molar-refractivity contribution in [2.24, 2.45) is 5.92 Å². The molecule has 0 aromatic heterocycles. The fourth-order valence-corrected chi connectivity index (χ4v) is 4.40. The highest BCUT2D eigenvalue weighted by Gasteiger charge is 2.41. The Morgan fingerprint density at radius 1 is 1.31 bits per heavy atom. The maximum Gasteiger partial charge on any atom is 0.225 e. The summed E-state index contributed by atoms with van der Waals surface area (Å²) in [7, 11) is 1.64. The Morgan fingerprint density at radius 3 is 2.79 bits per heavy atom. The third-order valence-corrected chi connectivity index (χ3v) is 5.90. The second-order valence-electron chi connectivity index (χ2n) is 7.82. The zero-order valence-electron chi connectivity index (χ0n) is 17.5. The first kappa shape index (κ1) is 23.5. The molecule has 2 heterocycles. The standard InChI is InChI=1S/C22H33N3O3.ClH/c1-3-4-14-25-20(26)12-11-18(22(27)24-16-8-7-13-23-15-16)21(25)17-9-5-6-10-19(17)28-2;/h5-6,9-10,16,18,21,23H,3-4,7-8,11-15H2,1-2H3,(H,24,27);1H. The van der Waals surface area contributed by atoms with Crippen molar-refractivity contribution in [3.05, 3.63) is 29.8 Å². The summed E-state index contributed by atoms with van der Waals surface area (Å²) in [6.45, 7) is 4.62. The fourth-order valence-electron chi connectivity index (χ4n) is 4.40. The molecule has 7 heteroatoms. The van der Waals surface area contributed by atoms with E-state index >= 15 is 0 Å². The third kappa shape index (κ3) is 5.64. The van der Waals surface area contributed by atoms with Crippen LogP contribution in [0.2, 0.25) is 0 Å². The van der Waals surface area contributed by atoms with Crippen LogP contribution in [0.5, 0.6) is 5.75 Å². The van der Waals surface area contributed by atoms with Gasteiger partial charge in [0.2, 0.25) is 11.8 Å². The van der Waals surface area contributed by atoms with Crippen LogP contribution in [0.15, 0.2) is 24.3 Å². The number of para-hydroxylation sites is 1. The van der Waals surface area contributed by atoms with Gasteiger partial charge in [-0.25, -0.2) is 0 Å². The monoisotopic (exact) mass is 423 g/mol. The molecule has 2 N–H and O–H groups in total. The molecular formula is C22H34ClN3O3. The molecule has 2 fully saturated rings. The number of nitrogens with zero attached hydrogens (tertiary/aromatic N) is 1. The van der Waals surface area contributed by atoms with Crippen molar-refractivity contribution in [2.45, 2.75) is 57.5 Å². The van der Waals surface area contributed by atoms with E-state index in [0.717, 1.165) is 50.1 Å². The largest absolute Gasteiger partial charge is 0.496 e. The number of benzene rings is 1. The van der Waals surface area contributed by atoms with Gasteiger partial charge in [-0.2, -0.15) is 0 Å². The van der Waals surface area contributed by atoms with Gasteiger partial charge in [0.1, 0.15) is 5.75 Å². The van der Waals surface area contributed by atoms with Gasteiger partial charge in [0.25, 0.3) is 0 Å². The molecule has 29 heavy (non-hydrogen) atoms. The number of carbonyl (C=O) groups excluding carboxylic acids is 2. The number of methoxy groups -OCH3 is 1. The minimum Gasteiger partial charge on any atom is -0.496 e. The lowest BCUT2D eigenvalue weighted by Gasteiger charge is -2.42. The normalized spacial score (nSPS) is 24.6. The van der Waals surface area contributed by atoms with Crippen molar-refractivity contribution in [2.75, 3.05) is 26.7 Å². The summed E-state index contributed by atoms with van der Waals surface area (Å²) < 4.78 is 5.58. The molecule has 3 rings (SSSR count). The smallest absolute Gasteiger partial charge is 0.225 e. The molecule has 3 unspecified atom stereocenters. The van der Waals surface area contributed by atoms with E-state index in [1.54, 1.807) is 7.11 Å². The molecule has 2 aliphatic heterocycles. The van der Waals surface area contributed by atoms with E-state index in [2.05, 4.69) is 17.6 Å². The summed E-state index contributed by atoms with van der Waals surface area (Å²) in [4.78, 5) is 28.0. The highest BCUT2D eigenvalue weighted by atomic mass is 35.5. The summed E-state index contributed by atoms with van der Waals surface area (Å²) in [5.74, 6) is 0.667. The molecule has 2 aliphatic rings. The predicted molar refractivity (Wildman–Crippen MR) is 116 cm³/mol. The number of rotatable bonds is 7. The van der Waals surface area contributed by atoms with Gasteiger partial charge in [-0.3, -0.25) is 9.59 Å². The number of nitrogens with one attached hydrogen (secondary N) is 2. The van der Waals surface area contributed by atoms with Gasteiger partial charge in [-0.15, -0.1) is 12.4 Å². The fraction of sp³-hybridized carbons (Fsp3) is 0.636. The van der Waals surface area contributed by atoms with Gasteiger partial charge in [0.15, 0.2) is 0 Å². The van der Waals surface area contributed by atoms with E-state index in [1.807, 2.05) is 29.2 Å². The maximum atomic E-state index is 13.3. The zero-order valence-corrected chi connectivity index (χ0v) is 18.3. The van der Waals surface area contributed by atoms with Crippen molar-refractivity contribution < 1.29 is 14.3 Å². The number of amides is 2. The highest BCUT2D eigenvalue weighted by Crippen LogP contribution is 2.41. The molecule has 0 saturated carbocycles. The lowest BCUT2D eigenvalue weighted by Crippen LogP contribution is -2.52. The number of hydrogen-bond donors (Lipinski definition) is 2. The molecule has 2 amide bonds. The van der Waals surface area contributed by atoms with Crippen LogP contribution in [0.4, 0.5) is 0 Å². The van der Waals surface area contributed by atoms with Gasteiger partial charge in [-0.1, -0.05) is 31.5 Å². The van der Waals surface area contributed by atoms with Crippen molar-refractivity contribution >= 4 is 24.2 Å². The van der Waals surface area contributed by atoms with Crippen LogP contribution in [0.25, 0.3) is 0 Å². The van der Waals surface area contributed by atoms with Crippen molar-refractivity contribution in [3.8, 4) is 5.75 Å². The van der Waals surface area contributed by atoms with Crippen LogP contribution in [0.3, 0.4) is 0 Å². The summed E-state index contributed by atoms with van der Waals surface area (Å²) in [5, 5.41) is 6.59. The lowest BCUT2D eigenvalue weighted by atomic mass is 9.82. The second-order valence-corrected chi connectivity index (χ2v) is 7.82. The number of carbonyl (C=O) groups is 2.